The Morgan fingerprint density at radius 1 is 1.28 bits per heavy atom. The summed E-state index contributed by atoms with van der Waals surface area (Å²) < 4.78 is 20.9. The van der Waals surface area contributed by atoms with Gasteiger partial charge in [-0.3, -0.25) is 4.79 Å². The van der Waals surface area contributed by atoms with E-state index in [-0.39, 0.29) is 23.0 Å². The van der Waals surface area contributed by atoms with Gasteiger partial charge in [0.15, 0.2) is 0 Å². The number of imidazole rings is 1. The summed E-state index contributed by atoms with van der Waals surface area (Å²) in [6.07, 6.45) is 3.38. The minimum atomic E-state index is -0.524. The van der Waals surface area contributed by atoms with Crippen molar-refractivity contribution in [2.45, 2.75) is 50.9 Å². The number of fused-ring (bicyclic) bond motifs is 2. The summed E-state index contributed by atoms with van der Waals surface area (Å²) in [5.74, 6) is 1.18. The number of amides is 1. The predicted molar refractivity (Wildman–Crippen MR) is 105 cm³/mol. The zero-order valence-corrected chi connectivity index (χ0v) is 16.7. The van der Waals surface area contributed by atoms with Crippen molar-refractivity contribution < 1.29 is 19.0 Å². The number of aliphatic hydroxyl groups is 1. The largest absolute Gasteiger partial charge is 0.393 e. The predicted octanol–water partition coefficient (Wildman–Crippen LogP) is 3.72. The number of carbonyl (C=O) groups excluding carboxylic acids is 1. The maximum atomic E-state index is 13.5. The second-order valence-electron chi connectivity index (χ2n) is 8.36. The quantitative estimate of drug-likeness (QED) is 0.794. The molecule has 1 aromatic carbocycles. The van der Waals surface area contributed by atoms with Crippen molar-refractivity contribution in [1.82, 2.24) is 9.55 Å². The smallest absolute Gasteiger partial charge is 0.274 e. The summed E-state index contributed by atoms with van der Waals surface area (Å²) in [6, 6.07) is 4.14. The van der Waals surface area contributed by atoms with Gasteiger partial charge in [0.05, 0.1) is 23.4 Å². The number of aliphatic hydroxyl groups excluding tert-OH is 1. The molecule has 5 rings (SSSR count). The fraction of sp³-hybridized carbons (Fsp3) is 0.524. The zero-order chi connectivity index (χ0) is 20.1. The van der Waals surface area contributed by atoms with Crippen molar-refractivity contribution in [3.63, 3.8) is 0 Å². The fourth-order valence-corrected chi connectivity index (χ4v) is 5.47. The van der Waals surface area contributed by atoms with Crippen molar-refractivity contribution in [3.8, 4) is 0 Å². The molecule has 0 radical (unpaired) electrons. The number of hydrogen-bond donors (Lipinski definition) is 2. The van der Waals surface area contributed by atoms with E-state index in [1.807, 2.05) is 4.57 Å². The van der Waals surface area contributed by atoms with Gasteiger partial charge in [-0.15, -0.1) is 0 Å². The number of benzene rings is 1. The summed E-state index contributed by atoms with van der Waals surface area (Å²) in [4.78, 5) is 18.0. The highest BCUT2D eigenvalue weighted by molar-refractivity contribution is 6.31. The average molecular weight is 420 g/mol. The summed E-state index contributed by atoms with van der Waals surface area (Å²) in [6.45, 7) is 1.50. The third-order valence-electron chi connectivity index (χ3n) is 6.53. The van der Waals surface area contributed by atoms with E-state index in [1.165, 1.54) is 18.2 Å². The van der Waals surface area contributed by atoms with Gasteiger partial charge in [-0.25, -0.2) is 9.37 Å². The summed E-state index contributed by atoms with van der Waals surface area (Å²) in [5.41, 5.74) is 1.83. The van der Waals surface area contributed by atoms with Crippen LogP contribution in [0.25, 0.3) is 0 Å². The van der Waals surface area contributed by atoms with Crippen LogP contribution in [0.1, 0.15) is 53.6 Å². The molecule has 2 aliphatic carbocycles. The van der Waals surface area contributed by atoms with Gasteiger partial charge in [-0.2, -0.15) is 0 Å². The highest BCUT2D eigenvalue weighted by atomic mass is 35.5. The Kier molecular flexibility index (Phi) is 4.84. The molecule has 0 saturated heterocycles. The Bertz CT molecular complexity index is 949. The molecule has 0 bridgehead atoms. The van der Waals surface area contributed by atoms with Gasteiger partial charge in [0.25, 0.3) is 5.91 Å². The Hall–Kier alpha value is -1.96. The van der Waals surface area contributed by atoms with E-state index in [2.05, 4.69) is 5.32 Å². The minimum absolute atomic E-state index is 0.0334. The molecule has 154 valence electrons. The number of carbonyl (C=O) groups is 1. The monoisotopic (exact) mass is 419 g/mol. The Labute approximate surface area is 173 Å². The maximum Gasteiger partial charge on any atom is 0.274 e. The number of nitrogens with one attached hydrogen (secondary N) is 1. The zero-order valence-electron chi connectivity index (χ0n) is 15.9. The molecular formula is C21H23ClFN3O3. The Morgan fingerprint density at radius 2 is 2.03 bits per heavy atom. The molecule has 2 atom stereocenters. The number of ether oxygens (including phenoxy) is 1. The number of aromatic nitrogens is 2. The van der Waals surface area contributed by atoms with E-state index in [9.17, 15) is 14.3 Å². The Balaban J connectivity index is 1.46. The first-order valence-corrected chi connectivity index (χ1v) is 10.5. The van der Waals surface area contributed by atoms with E-state index in [4.69, 9.17) is 21.3 Å². The Morgan fingerprint density at radius 3 is 2.76 bits per heavy atom. The first-order valence-electron chi connectivity index (χ1n) is 10.1. The van der Waals surface area contributed by atoms with E-state index in [0.717, 1.165) is 37.2 Å². The number of halogens is 2. The standard InChI is InChI=1S/C21H23ClFN3O3/c22-16-9-14(1-2-17(16)23)24-21(28)20-19(25-18-10-29-4-3-26(18)20)13-5-11-7-15(27)8-12(11)6-13/h1-2,9,11-13,15,27H,3-8,10H2,(H,24,28). The highest BCUT2D eigenvalue weighted by Gasteiger charge is 2.44. The van der Waals surface area contributed by atoms with Gasteiger partial charge in [0.2, 0.25) is 0 Å². The lowest BCUT2D eigenvalue weighted by molar-refractivity contribution is 0.0791. The van der Waals surface area contributed by atoms with Crippen LogP contribution in [0.15, 0.2) is 18.2 Å². The SMILES string of the molecule is O=C(Nc1ccc(F)c(Cl)c1)c1c(C2CC3CC(O)CC3C2)nc2n1CCOC2. The first-order chi connectivity index (χ1) is 14.0. The molecule has 2 N–H and O–H groups in total. The molecule has 6 nitrogen and oxygen atoms in total. The average Bonchev–Trinajstić information content (AvgIpc) is 3.34. The van der Waals surface area contributed by atoms with Gasteiger partial charge in [0.1, 0.15) is 23.9 Å². The van der Waals surface area contributed by atoms with Crippen LogP contribution in [0, 0.1) is 17.7 Å². The number of rotatable bonds is 3. The molecule has 8 heteroatoms. The van der Waals surface area contributed by atoms with Gasteiger partial charge in [-0.1, -0.05) is 11.6 Å². The van der Waals surface area contributed by atoms with Gasteiger partial charge >= 0.3 is 0 Å². The normalized spacial score (nSPS) is 28.2. The number of hydrogen-bond acceptors (Lipinski definition) is 4. The lowest BCUT2D eigenvalue weighted by atomic mass is 9.97. The molecule has 2 aromatic rings. The molecule has 1 aliphatic heterocycles. The summed E-state index contributed by atoms with van der Waals surface area (Å²) >= 11 is 5.86. The molecule has 2 unspecified atom stereocenters. The van der Waals surface area contributed by atoms with E-state index in [0.29, 0.717) is 43.0 Å². The molecular weight excluding hydrogens is 397 g/mol. The lowest BCUT2D eigenvalue weighted by Crippen LogP contribution is -2.24. The molecule has 2 heterocycles. The molecule has 1 amide bonds. The van der Waals surface area contributed by atoms with Crippen LogP contribution in [-0.4, -0.2) is 33.3 Å². The summed E-state index contributed by atoms with van der Waals surface area (Å²) in [5, 5.41) is 12.8. The van der Waals surface area contributed by atoms with Crippen LogP contribution in [0.2, 0.25) is 5.02 Å². The van der Waals surface area contributed by atoms with Crippen molar-refractivity contribution in [2.24, 2.45) is 11.8 Å². The third-order valence-corrected chi connectivity index (χ3v) is 6.82. The molecule has 2 fully saturated rings. The van der Waals surface area contributed by atoms with Crippen molar-refractivity contribution in [3.05, 3.63) is 46.3 Å². The van der Waals surface area contributed by atoms with Crippen LogP contribution < -0.4 is 5.32 Å². The minimum Gasteiger partial charge on any atom is -0.393 e. The number of anilines is 1. The molecule has 3 aliphatic rings. The fourth-order valence-electron chi connectivity index (χ4n) is 5.29. The molecule has 2 saturated carbocycles. The first kappa shape index (κ1) is 19.0. The second kappa shape index (κ2) is 7.38. The van der Waals surface area contributed by atoms with E-state index >= 15 is 0 Å². The lowest BCUT2D eigenvalue weighted by Gasteiger charge is -2.18. The van der Waals surface area contributed by atoms with Gasteiger partial charge < -0.3 is 19.7 Å². The van der Waals surface area contributed by atoms with Gasteiger partial charge in [-0.05, 0) is 55.7 Å². The van der Waals surface area contributed by atoms with Crippen LogP contribution >= 0.6 is 11.6 Å². The van der Waals surface area contributed by atoms with E-state index in [1.54, 1.807) is 0 Å². The third kappa shape index (κ3) is 3.45. The summed E-state index contributed by atoms with van der Waals surface area (Å²) in [7, 11) is 0. The van der Waals surface area contributed by atoms with Crippen LogP contribution in [0.4, 0.5) is 10.1 Å². The molecule has 29 heavy (non-hydrogen) atoms. The van der Waals surface area contributed by atoms with Crippen LogP contribution in [-0.2, 0) is 17.9 Å². The van der Waals surface area contributed by atoms with E-state index < -0.39 is 5.82 Å². The topological polar surface area (TPSA) is 76.4 Å². The van der Waals surface area contributed by atoms with Crippen molar-refractivity contribution in [1.29, 1.82) is 0 Å². The number of nitrogens with zero attached hydrogens (tertiary/aromatic N) is 2. The molecule has 1 aromatic heterocycles. The van der Waals surface area contributed by atoms with Crippen molar-refractivity contribution in [2.75, 3.05) is 11.9 Å². The van der Waals surface area contributed by atoms with Crippen molar-refractivity contribution >= 4 is 23.2 Å². The van der Waals surface area contributed by atoms with Gasteiger partial charge in [0, 0.05) is 18.2 Å². The molecule has 0 spiro atoms. The van der Waals surface area contributed by atoms with Crippen LogP contribution in [0.5, 0.6) is 0 Å². The van der Waals surface area contributed by atoms with Crippen LogP contribution in [0.3, 0.4) is 0 Å². The highest BCUT2D eigenvalue weighted by Crippen LogP contribution is 2.51. The maximum absolute atomic E-state index is 13.5. The second-order valence-corrected chi connectivity index (χ2v) is 8.77.